The van der Waals surface area contributed by atoms with E-state index in [1.54, 1.807) is 0 Å². The molecule has 63 heavy (non-hydrogen) atoms. The largest absolute Gasteiger partial charge is 0.507 e. The molecule has 1 N–H and O–H groups in total. The maximum absolute atomic E-state index is 14.1. The van der Waals surface area contributed by atoms with Crippen molar-refractivity contribution in [2.45, 2.75) is 131 Å². The van der Waals surface area contributed by atoms with E-state index in [1.165, 1.54) is 6.20 Å². The molecule has 7 rings (SSSR count). The van der Waals surface area contributed by atoms with E-state index in [4.69, 9.17) is 12.7 Å². The summed E-state index contributed by atoms with van der Waals surface area (Å²) in [5, 5.41) is 12.0. The van der Waals surface area contributed by atoms with Gasteiger partial charge in [0.2, 0.25) is 0 Å². The molecule has 6 nitrogen and oxygen atoms in total. The minimum atomic E-state index is -5.25. The van der Waals surface area contributed by atoms with Gasteiger partial charge in [-0.25, -0.2) is 19.9 Å². The van der Waals surface area contributed by atoms with Crippen molar-refractivity contribution in [1.29, 1.82) is 0 Å². The second kappa shape index (κ2) is 16.4. The Morgan fingerprint density at radius 1 is 0.619 bits per heavy atom. The fourth-order valence-electron chi connectivity index (χ4n) is 8.00. The maximum atomic E-state index is 14.1. The molecular formula is C54H60F3N5O. The van der Waals surface area contributed by atoms with Gasteiger partial charge < -0.3 is 5.11 Å². The number of hydrogen-bond acceptors (Lipinski definition) is 5. The number of hydrogen-bond donors (Lipinski definition) is 1. The number of phenolic OH excluding ortho intramolecular Hbond substituents is 1. The Bertz CT molecular complexity index is 2890. The van der Waals surface area contributed by atoms with Crippen LogP contribution in [0.15, 0.2) is 97.2 Å². The highest BCUT2D eigenvalue weighted by Gasteiger charge is 2.31. The molecule has 3 aromatic heterocycles. The van der Waals surface area contributed by atoms with Gasteiger partial charge in [-0.05, 0) is 97.9 Å². The second-order valence-electron chi connectivity index (χ2n) is 20.4. The van der Waals surface area contributed by atoms with Gasteiger partial charge in [-0.3, -0.25) is 4.57 Å². The van der Waals surface area contributed by atoms with Crippen molar-refractivity contribution in [3.63, 3.8) is 0 Å². The van der Waals surface area contributed by atoms with Crippen molar-refractivity contribution >= 4 is 11.2 Å². The zero-order chi connectivity index (χ0) is 47.8. The Hall–Kier alpha value is -5.83. The Balaban J connectivity index is 1.53. The zero-order valence-electron chi connectivity index (χ0n) is 40.7. The summed E-state index contributed by atoms with van der Waals surface area (Å²) in [7, 11) is 0. The molecule has 0 aliphatic rings. The van der Waals surface area contributed by atoms with Crippen LogP contribution in [0.1, 0.15) is 138 Å². The standard InChI is InChI=1S/C54H60F3N5O/c1-31(2)39-23-36(33-18-15-14-16-19-33)24-40(32(3)4)47(39)62-45-30-58-46(29-54(55,56)57)60-49(45)61-50(62)35-21-17-20-34(22-35)43-27-38(52(8,9)10)28-44(59-43)41-25-37(51(5,6)7)26-42(48(41)63)53(11,12)13/h14-28,30-32,63H,29H2,1-13H3/i29D2. The number of aromatic nitrogens is 5. The minimum absolute atomic E-state index is 0.00268. The van der Waals surface area contributed by atoms with Crippen LogP contribution in [0.4, 0.5) is 13.2 Å². The molecule has 0 amide bonds. The summed E-state index contributed by atoms with van der Waals surface area (Å²) in [5.41, 5.74) is 10.5. The highest BCUT2D eigenvalue weighted by Crippen LogP contribution is 2.44. The predicted molar refractivity (Wildman–Crippen MR) is 252 cm³/mol. The number of pyridine rings is 1. The van der Waals surface area contributed by atoms with Crippen LogP contribution in [-0.2, 0) is 22.6 Å². The number of benzene rings is 4. The molecule has 7 aromatic rings. The molecule has 9 heteroatoms. The van der Waals surface area contributed by atoms with Crippen molar-refractivity contribution in [1.82, 2.24) is 24.5 Å². The Kier molecular flexibility index (Phi) is 11.0. The van der Waals surface area contributed by atoms with E-state index in [9.17, 15) is 18.3 Å². The molecule has 0 atom stereocenters. The molecular weight excluding hydrogens is 792 g/mol. The summed E-state index contributed by atoms with van der Waals surface area (Å²) in [6.45, 7) is 27.6. The molecule has 4 aromatic carbocycles. The number of alkyl halides is 3. The van der Waals surface area contributed by atoms with Gasteiger partial charge in [0.05, 0.1) is 23.3 Å². The number of rotatable bonds is 8. The second-order valence-corrected chi connectivity index (χ2v) is 20.4. The van der Waals surface area contributed by atoms with Crippen LogP contribution in [0, 0.1) is 0 Å². The topological polar surface area (TPSA) is 76.7 Å². The van der Waals surface area contributed by atoms with Gasteiger partial charge in [0.25, 0.3) is 0 Å². The van der Waals surface area contributed by atoms with Crippen molar-refractivity contribution in [3.8, 4) is 56.5 Å². The summed E-state index contributed by atoms with van der Waals surface area (Å²) >= 11 is 0. The third-order valence-corrected chi connectivity index (χ3v) is 11.6. The van der Waals surface area contributed by atoms with Gasteiger partial charge in [-0.15, -0.1) is 0 Å². The minimum Gasteiger partial charge on any atom is -0.507 e. The first kappa shape index (κ1) is 42.5. The lowest BCUT2D eigenvalue weighted by molar-refractivity contribution is -0.128. The van der Waals surface area contributed by atoms with E-state index in [-0.39, 0.29) is 39.5 Å². The Morgan fingerprint density at radius 2 is 1.19 bits per heavy atom. The predicted octanol–water partition coefficient (Wildman–Crippen LogP) is 14.8. The highest BCUT2D eigenvalue weighted by molar-refractivity contribution is 5.84. The van der Waals surface area contributed by atoms with Crippen molar-refractivity contribution in [3.05, 3.63) is 131 Å². The van der Waals surface area contributed by atoms with Crippen LogP contribution < -0.4 is 0 Å². The third kappa shape index (κ3) is 9.44. The summed E-state index contributed by atoms with van der Waals surface area (Å²) in [4.78, 5) is 18.5. The summed E-state index contributed by atoms with van der Waals surface area (Å²) in [6.07, 6.45) is -7.81. The number of aromatic hydroxyl groups is 1. The summed E-state index contributed by atoms with van der Waals surface area (Å²) in [5.74, 6) is -0.434. The summed E-state index contributed by atoms with van der Waals surface area (Å²) < 4.78 is 60.2. The fourth-order valence-corrected chi connectivity index (χ4v) is 8.00. The molecule has 3 heterocycles. The molecule has 0 saturated heterocycles. The number of halogens is 3. The molecule has 0 aliphatic carbocycles. The van der Waals surface area contributed by atoms with Crippen LogP contribution in [-0.4, -0.2) is 35.8 Å². The lowest BCUT2D eigenvalue weighted by Gasteiger charge is -2.28. The van der Waals surface area contributed by atoms with Crippen LogP contribution in [0.2, 0.25) is 0 Å². The van der Waals surface area contributed by atoms with Gasteiger partial charge in [-0.1, -0.05) is 145 Å². The van der Waals surface area contributed by atoms with Gasteiger partial charge in [0, 0.05) is 25.0 Å². The first-order valence-electron chi connectivity index (χ1n) is 22.7. The number of nitrogens with zero attached hydrogens (tertiary/aromatic N) is 5. The normalized spacial score (nSPS) is 13.6. The average molecular weight is 854 g/mol. The molecule has 0 unspecified atom stereocenters. The monoisotopic (exact) mass is 853 g/mol. The Morgan fingerprint density at radius 3 is 1.76 bits per heavy atom. The van der Waals surface area contributed by atoms with Gasteiger partial charge in [-0.2, -0.15) is 13.2 Å². The SMILES string of the molecule is [2H]C([2H])(c1ncc2c(n1)nc(-c1cccc(-c3cc(C(C)(C)C)cc(-c4cc(C(C)(C)C)cc(C(C)(C)C)c4O)n3)c1)n2-c1c(C(C)C)cc(-c2ccccc2)cc1C(C)C)C(F)(F)F. The van der Waals surface area contributed by atoms with Gasteiger partial charge in [0.15, 0.2) is 5.65 Å². The highest BCUT2D eigenvalue weighted by atomic mass is 19.4. The first-order valence-corrected chi connectivity index (χ1v) is 21.7. The van der Waals surface area contributed by atoms with Crippen LogP contribution in [0.25, 0.3) is 61.9 Å². The number of phenols is 1. The van der Waals surface area contributed by atoms with E-state index in [1.807, 2.05) is 53.1 Å². The van der Waals surface area contributed by atoms with Crippen molar-refractivity contribution < 1.29 is 21.0 Å². The van der Waals surface area contributed by atoms with E-state index >= 15 is 0 Å². The third-order valence-electron chi connectivity index (χ3n) is 11.6. The molecule has 328 valence electrons. The van der Waals surface area contributed by atoms with E-state index in [0.29, 0.717) is 33.9 Å². The van der Waals surface area contributed by atoms with Gasteiger partial charge in [0.1, 0.15) is 29.3 Å². The lowest BCUT2D eigenvalue weighted by Crippen LogP contribution is -2.17. The number of fused-ring (bicyclic) bond motifs is 1. The average Bonchev–Trinajstić information content (AvgIpc) is 3.60. The van der Waals surface area contributed by atoms with Crippen LogP contribution >= 0.6 is 0 Å². The molecule has 0 bridgehead atoms. The first-order chi connectivity index (χ1) is 30.1. The quantitative estimate of drug-likeness (QED) is 0.165. The molecule has 0 aliphatic heterocycles. The zero-order valence-corrected chi connectivity index (χ0v) is 38.7. The lowest BCUT2D eigenvalue weighted by atomic mass is 9.78. The smallest absolute Gasteiger partial charge is 0.396 e. The van der Waals surface area contributed by atoms with E-state index < -0.39 is 18.4 Å². The van der Waals surface area contributed by atoms with Crippen LogP contribution in [0.5, 0.6) is 5.75 Å². The van der Waals surface area contributed by atoms with E-state index in [2.05, 4.69) is 142 Å². The molecule has 0 fully saturated rings. The molecule has 0 spiro atoms. The number of imidazole rings is 1. The van der Waals surface area contributed by atoms with Gasteiger partial charge >= 0.3 is 6.18 Å². The van der Waals surface area contributed by atoms with Crippen LogP contribution in [0.3, 0.4) is 0 Å². The van der Waals surface area contributed by atoms with E-state index in [0.717, 1.165) is 50.2 Å². The Labute approximate surface area is 373 Å². The maximum Gasteiger partial charge on any atom is 0.396 e. The van der Waals surface area contributed by atoms with Crippen molar-refractivity contribution in [2.75, 3.05) is 0 Å². The summed E-state index contributed by atoms with van der Waals surface area (Å²) in [6, 6.07) is 30.4. The fraction of sp³-hybridized carbons (Fsp3) is 0.370. The molecule has 0 radical (unpaired) electrons. The van der Waals surface area contributed by atoms with Crippen molar-refractivity contribution in [2.24, 2.45) is 0 Å². The molecule has 0 saturated carbocycles.